The van der Waals surface area contributed by atoms with E-state index in [1.807, 2.05) is 0 Å². The van der Waals surface area contributed by atoms with Gasteiger partial charge >= 0.3 is 0 Å². The first-order valence-electron chi connectivity index (χ1n) is 3.72. The van der Waals surface area contributed by atoms with Crippen molar-refractivity contribution in [3.05, 3.63) is 0 Å². The van der Waals surface area contributed by atoms with Gasteiger partial charge in [-0.15, -0.1) is 23.2 Å². The number of aliphatic hydroxyl groups is 2. The number of halogens is 2. The Morgan fingerprint density at radius 2 is 1.73 bits per heavy atom. The number of aliphatic hydroxyl groups excluding tert-OH is 2. The Labute approximate surface area is 77.1 Å². The highest BCUT2D eigenvalue weighted by molar-refractivity contribution is 6.44. The molecule has 68 valence electrons. The van der Waals surface area contributed by atoms with Crippen LogP contribution in [0, 0.1) is 5.92 Å². The first kappa shape index (κ1) is 11.5. The van der Waals surface area contributed by atoms with Crippen LogP contribution in [0.5, 0.6) is 0 Å². The summed E-state index contributed by atoms with van der Waals surface area (Å²) in [5, 5.41) is 17.2. The average Bonchev–Trinajstić information content (AvgIpc) is 1.97. The minimum Gasteiger partial charge on any atom is -0.396 e. The molecule has 0 aliphatic rings. The smallest absolute Gasteiger partial charge is 0.112 e. The Balaban J connectivity index is 3.36. The molecule has 0 bridgehead atoms. The minimum absolute atomic E-state index is 0.0170. The van der Waals surface area contributed by atoms with Crippen LogP contribution >= 0.6 is 23.2 Å². The van der Waals surface area contributed by atoms with Crippen molar-refractivity contribution in [2.24, 2.45) is 5.92 Å². The Morgan fingerprint density at radius 1 is 1.09 bits per heavy atom. The molecule has 0 radical (unpaired) electrons. The Kier molecular flexibility index (Phi) is 7.49. The summed E-state index contributed by atoms with van der Waals surface area (Å²) in [6.07, 6.45) is 2.38. The van der Waals surface area contributed by atoms with Gasteiger partial charge in [-0.25, -0.2) is 0 Å². The molecule has 0 fully saturated rings. The molecule has 0 aromatic heterocycles. The van der Waals surface area contributed by atoms with E-state index in [0.717, 1.165) is 19.3 Å². The molecule has 1 unspecified atom stereocenters. The molecular weight excluding hydrogens is 187 g/mol. The molecule has 0 saturated carbocycles. The van der Waals surface area contributed by atoms with Crippen molar-refractivity contribution in [1.82, 2.24) is 0 Å². The van der Waals surface area contributed by atoms with Crippen LogP contribution in [0.3, 0.4) is 0 Å². The summed E-state index contributed by atoms with van der Waals surface area (Å²) in [6, 6.07) is 0. The highest BCUT2D eigenvalue weighted by Gasteiger charge is 2.14. The summed E-state index contributed by atoms with van der Waals surface area (Å²) in [5.41, 5.74) is 0. The van der Waals surface area contributed by atoms with Crippen LogP contribution in [0.15, 0.2) is 0 Å². The van der Waals surface area contributed by atoms with Crippen LogP contribution in [-0.4, -0.2) is 28.3 Å². The predicted molar refractivity (Wildman–Crippen MR) is 47.0 cm³/mol. The van der Waals surface area contributed by atoms with Crippen LogP contribution in [0.25, 0.3) is 0 Å². The van der Waals surface area contributed by atoms with Gasteiger partial charge in [-0.1, -0.05) is 6.42 Å². The molecule has 0 heterocycles. The van der Waals surface area contributed by atoms with Crippen molar-refractivity contribution in [3.8, 4) is 0 Å². The van der Waals surface area contributed by atoms with Crippen molar-refractivity contribution in [3.63, 3.8) is 0 Å². The van der Waals surface area contributed by atoms with Gasteiger partial charge < -0.3 is 10.2 Å². The summed E-state index contributed by atoms with van der Waals surface area (Å²) >= 11 is 11.1. The fraction of sp³-hybridized carbons (Fsp3) is 1.00. The van der Waals surface area contributed by atoms with Gasteiger partial charge in [-0.05, 0) is 12.8 Å². The molecule has 0 saturated heterocycles. The van der Waals surface area contributed by atoms with Gasteiger partial charge in [0, 0.05) is 19.1 Å². The fourth-order valence-corrected chi connectivity index (χ4v) is 1.23. The Bertz CT molecular complexity index is 88.5. The van der Waals surface area contributed by atoms with Crippen molar-refractivity contribution >= 4 is 23.2 Å². The maximum absolute atomic E-state index is 8.76. The van der Waals surface area contributed by atoms with E-state index in [4.69, 9.17) is 33.4 Å². The zero-order valence-electron chi connectivity index (χ0n) is 6.34. The highest BCUT2D eigenvalue weighted by Crippen LogP contribution is 2.20. The molecule has 0 rings (SSSR count). The van der Waals surface area contributed by atoms with Crippen LogP contribution < -0.4 is 0 Å². The summed E-state index contributed by atoms with van der Waals surface area (Å²) in [6.45, 7) is 0.205. The average molecular weight is 201 g/mol. The summed E-state index contributed by atoms with van der Waals surface area (Å²) in [5.74, 6) is -0.0510. The Hall–Kier alpha value is 0.500. The predicted octanol–water partition coefficient (Wildman–Crippen LogP) is 1.56. The lowest BCUT2D eigenvalue weighted by atomic mass is 10.1. The van der Waals surface area contributed by atoms with Gasteiger partial charge in [0.05, 0.1) is 0 Å². The standard InChI is InChI=1S/C7H14Cl2O2/c8-7(9)6(5-11)3-1-2-4-10/h6-7,10-11H,1-5H2. The molecule has 0 aliphatic heterocycles. The summed E-state index contributed by atoms with van der Waals surface area (Å²) in [4.78, 5) is -0.501. The molecular formula is C7H14Cl2O2. The first-order chi connectivity index (χ1) is 5.22. The quantitative estimate of drug-likeness (QED) is 0.505. The lowest BCUT2D eigenvalue weighted by Crippen LogP contribution is -2.13. The molecule has 0 aromatic rings. The van der Waals surface area contributed by atoms with E-state index in [9.17, 15) is 0 Å². The molecule has 1 atom stereocenters. The zero-order valence-corrected chi connectivity index (χ0v) is 7.85. The third-order valence-corrected chi connectivity index (χ3v) is 2.29. The van der Waals surface area contributed by atoms with Crippen molar-refractivity contribution in [2.45, 2.75) is 24.1 Å². The maximum atomic E-state index is 8.76. The SMILES string of the molecule is OCCCCC(CO)C(Cl)Cl. The van der Waals surface area contributed by atoms with Gasteiger partial charge in [-0.2, -0.15) is 0 Å². The van der Waals surface area contributed by atoms with E-state index in [0.29, 0.717) is 0 Å². The second-order valence-electron chi connectivity index (χ2n) is 2.50. The topological polar surface area (TPSA) is 40.5 Å². The van der Waals surface area contributed by atoms with Crippen LogP contribution in [0.2, 0.25) is 0 Å². The van der Waals surface area contributed by atoms with Crippen molar-refractivity contribution < 1.29 is 10.2 Å². The van der Waals surface area contributed by atoms with Gasteiger partial charge in [0.1, 0.15) is 4.84 Å². The number of unbranched alkanes of at least 4 members (excludes halogenated alkanes) is 1. The van der Waals surface area contributed by atoms with E-state index in [1.165, 1.54) is 0 Å². The number of alkyl halides is 2. The molecule has 4 heteroatoms. The second kappa shape index (κ2) is 7.17. The van der Waals surface area contributed by atoms with Gasteiger partial charge in [0.25, 0.3) is 0 Å². The van der Waals surface area contributed by atoms with E-state index < -0.39 is 4.84 Å². The highest BCUT2D eigenvalue weighted by atomic mass is 35.5. The molecule has 0 aliphatic carbocycles. The van der Waals surface area contributed by atoms with Crippen LogP contribution in [0.4, 0.5) is 0 Å². The number of hydrogen-bond acceptors (Lipinski definition) is 2. The van der Waals surface area contributed by atoms with Gasteiger partial charge in [0.15, 0.2) is 0 Å². The van der Waals surface area contributed by atoms with E-state index in [-0.39, 0.29) is 19.1 Å². The van der Waals surface area contributed by atoms with Crippen molar-refractivity contribution in [2.75, 3.05) is 13.2 Å². The van der Waals surface area contributed by atoms with Crippen molar-refractivity contribution in [1.29, 1.82) is 0 Å². The van der Waals surface area contributed by atoms with Gasteiger partial charge in [0.2, 0.25) is 0 Å². The third-order valence-electron chi connectivity index (χ3n) is 1.57. The zero-order chi connectivity index (χ0) is 8.69. The summed E-state index contributed by atoms with van der Waals surface area (Å²) < 4.78 is 0. The minimum atomic E-state index is -0.501. The summed E-state index contributed by atoms with van der Waals surface area (Å²) in [7, 11) is 0. The van der Waals surface area contributed by atoms with Gasteiger partial charge in [-0.3, -0.25) is 0 Å². The van der Waals surface area contributed by atoms with E-state index >= 15 is 0 Å². The van der Waals surface area contributed by atoms with Crippen LogP contribution in [0.1, 0.15) is 19.3 Å². The fourth-order valence-electron chi connectivity index (χ4n) is 0.815. The molecule has 11 heavy (non-hydrogen) atoms. The monoisotopic (exact) mass is 200 g/mol. The molecule has 0 aromatic carbocycles. The molecule has 2 nitrogen and oxygen atoms in total. The maximum Gasteiger partial charge on any atom is 0.112 e. The Morgan fingerprint density at radius 3 is 2.09 bits per heavy atom. The lowest BCUT2D eigenvalue weighted by Gasteiger charge is -2.13. The first-order valence-corrected chi connectivity index (χ1v) is 4.59. The number of rotatable bonds is 6. The second-order valence-corrected chi connectivity index (χ2v) is 3.66. The number of hydrogen-bond donors (Lipinski definition) is 2. The molecule has 0 amide bonds. The normalized spacial score (nSPS) is 13.9. The van der Waals surface area contributed by atoms with E-state index in [1.54, 1.807) is 0 Å². The van der Waals surface area contributed by atoms with E-state index in [2.05, 4.69) is 0 Å². The molecule has 0 spiro atoms. The lowest BCUT2D eigenvalue weighted by molar-refractivity contribution is 0.217. The molecule has 2 N–H and O–H groups in total. The van der Waals surface area contributed by atoms with Crippen LogP contribution in [-0.2, 0) is 0 Å². The third kappa shape index (κ3) is 5.74. The largest absolute Gasteiger partial charge is 0.396 e.